The van der Waals surface area contributed by atoms with E-state index in [0.717, 1.165) is 31.2 Å². The molecule has 1 heterocycles. The van der Waals surface area contributed by atoms with Gasteiger partial charge in [0, 0.05) is 12.5 Å². The fourth-order valence-corrected chi connectivity index (χ4v) is 5.21. The molecule has 1 aromatic rings. The van der Waals surface area contributed by atoms with E-state index in [2.05, 4.69) is 39.8 Å². The average molecular weight is 477 g/mol. The number of aromatic hydroxyl groups is 1. The summed E-state index contributed by atoms with van der Waals surface area (Å²) < 4.78 is 17.0. The fraction of sp³-hybridized carbons (Fsp3) is 0.667. The molecule has 1 saturated heterocycles. The van der Waals surface area contributed by atoms with Gasteiger partial charge >= 0.3 is 5.97 Å². The predicted octanol–water partition coefficient (Wildman–Crippen LogP) is 4.45. The minimum Gasteiger partial charge on any atom is -0.504 e. The summed E-state index contributed by atoms with van der Waals surface area (Å²) in [5.41, 5.74) is 4.14. The van der Waals surface area contributed by atoms with Crippen LogP contribution in [0.25, 0.3) is 0 Å². The first-order chi connectivity index (χ1) is 16.0. The quantitative estimate of drug-likeness (QED) is 0.394. The van der Waals surface area contributed by atoms with Crippen LogP contribution in [-0.4, -0.2) is 52.5 Å². The van der Waals surface area contributed by atoms with Crippen LogP contribution in [0.4, 0.5) is 0 Å². The highest BCUT2D eigenvalue weighted by Crippen LogP contribution is 2.51. The van der Waals surface area contributed by atoms with Crippen molar-refractivity contribution in [1.82, 2.24) is 0 Å². The number of aryl methyl sites for hydroxylation is 1. The van der Waals surface area contributed by atoms with Gasteiger partial charge in [0.1, 0.15) is 12.2 Å². The number of carbonyl (C=O) groups excluding carboxylic acids is 1. The smallest absolute Gasteiger partial charge is 0.303 e. The third kappa shape index (κ3) is 5.75. The van der Waals surface area contributed by atoms with Crippen LogP contribution < -0.4 is 4.74 Å². The van der Waals surface area contributed by atoms with Crippen molar-refractivity contribution in [2.75, 3.05) is 6.61 Å². The molecular formula is C27H40O7. The first kappa shape index (κ1) is 26.5. The van der Waals surface area contributed by atoms with E-state index in [1.54, 1.807) is 0 Å². The molecule has 0 amide bonds. The maximum Gasteiger partial charge on any atom is 0.303 e. The zero-order valence-corrected chi connectivity index (χ0v) is 21.2. The number of allylic oxidation sites excluding steroid dienone is 2. The summed E-state index contributed by atoms with van der Waals surface area (Å²) in [7, 11) is 0. The van der Waals surface area contributed by atoms with Gasteiger partial charge in [-0.1, -0.05) is 31.6 Å². The van der Waals surface area contributed by atoms with E-state index in [4.69, 9.17) is 14.2 Å². The molecule has 3 N–H and O–H groups in total. The Labute approximate surface area is 202 Å². The fourth-order valence-electron chi connectivity index (χ4n) is 5.21. The van der Waals surface area contributed by atoms with Crippen LogP contribution >= 0.6 is 0 Å². The number of phenols is 1. The van der Waals surface area contributed by atoms with Crippen LogP contribution in [0.2, 0.25) is 0 Å². The van der Waals surface area contributed by atoms with E-state index in [1.165, 1.54) is 18.1 Å². The Balaban J connectivity index is 1.96. The number of ether oxygens (including phenoxy) is 3. The molecule has 0 unspecified atom stereocenters. The van der Waals surface area contributed by atoms with Gasteiger partial charge in [-0.25, -0.2) is 0 Å². The summed E-state index contributed by atoms with van der Waals surface area (Å²) >= 11 is 0. The van der Waals surface area contributed by atoms with Crippen molar-refractivity contribution in [3.05, 3.63) is 34.4 Å². The lowest BCUT2D eigenvalue weighted by atomic mass is 9.70. The molecule has 7 nitrogen and oxygen atoms in total. The molecule has 2 aliphatic rings. The number of hydrogen-bond acceptors (Lipinski definition) is 7. The van der Waals surface area contributed by atoms with Crippen LogP contribution in [0.5, 0.6) is 11.5 Å². The van der Waals surface area contributed by atoms with Crippen molar-refractivity contribution in [2.24, 2.45) is 5.92 Å². The second-order valence-electron chi connectivity index (χ2n) is 10.2. The summed E-state index contributed by atoms with van der Waals surface area (Å²) in [5.74, 6) is 0.662. The van der Waals surface area contributed by atoms with Crippen LogP contribution in [0, 0.1) is 12.8 Å². The van der Waals surface area contributed by atoms with Crippen molar-refractivity contribution in [3.8, 4) is 11.5 Å². The van der Waals surface area contributed by atoms with E-state index >= 15 is 0 Å². The number of hydrogen-bond donors (Lipinski definition) is 3. The Morgan fingerprint density at radius 3 is 2.62 bits per heavy atom. The normalized spacial score (nSPS) is 29.6. The number of esters is 1. The van der Waals surface area contributed by atoms with Gasteiger partial charge in [0.05, 0.1) is 6.61 Å². The summed E-state index contributed by atoms with van der Waals surface area (Å²) in [5, 5.41) is 31.4. The van der Waals surface area contributed by atoms with Crippen LogP contribution in [0.3, 0.4) is 0 Å². The Kier molecular flexibility index (Phi) is 8.66. The molecule has 1 aliphatic carbocycles. The second kappa shape index (κ2) is 11.1. The minimum atomic E-state index is -1.36. The molecule has 0 saturated carbocycles. The zero-order valence-electron chi connectivity index (χ0n) is 21.2. The number of aliphatic hydroxyl groups is 2. The summed E-state index contributed by atoms with van der Waals surface area (Å²) in [4.78, 5) is 11.6. The molecular weight excluding hydrogens is 436 g/mol. The highest BCUT2D eigenvalue weighted by Gasteiger charge is 2.44. The molecule has 0 spiro atoms. The number of phenolic OH excluding ortho intramolecular Hbond substituents is 1. The van der Waals surface area contributed by atoms with Gasteiger partial charge in [0.15, 0.2) is 17.6 Å². The van der Waals surface area contributed by atoms with Crippen molar-refractivity contribution in [3.63, 3.8) is 0 Å². The molecule has 1 aromatic carbocycles. The molecule has 0 bridgehead atoms. The number of fused-ring (bicyclic) bond motifs is 1. The lowest BCUT2D eigenvalue weighted by Crippen LogP contribution is -2.56. The van der Waals surface area contributed by atoms with Gasteiger partial charge in [0.25, 0.3) is 0 Å². The van der Waals surface area contributed by atoms with E-state index in [-0.39, 0.29) is 18.3 Å². The lowest BCUT2D eigenvalue weighted by molar-refractivity contribution is -0.250. The second-order valence-corrected chi connectivity index (χ2v) is 10.2. The van der Waals surface area contributed by atoms with Crippen LogP contribution in [0.15, 0.2) is 17.7 Å². The maximum atomic E-state index is 11.6. The van der Waals surface area contributed by atoms with E-state index < -0.39 is 30.6 Å². The number of carbonyl (C=O) groups is 1. The van der Waals surface area contributed by atoms with Gasteiger partial charge in [0.2, 0.25) is 6.29 Å². The average Bonchev–Trinajstić information content (AvgIpc) is 2.75. The van der Waals surface area contributed by atoms with E-state index in [9.17, 15) is 20.1 Å². The van der Waals surface area contributed by atoms with Gasteiger partial charge in [-0.3, -0.25) is 4.79 Å². The molecule has 0 radical (unpaired) electrons. The number of aliphatic hydroxyl groups excluding tert-OH is 2. The monoisotopic (exact) mass is 476 g/mol. The highest BCUT2D eigenvalue weighted by atomic mass is 16.7. The van der Waals surface area contributed by atoms with Gasteiger partial charge in [-0.2, -0.15) is 0 Å². The van der Waals surface area contributed by atoms with Crippen molar-refractivity contribution in [1.29, 1.82) is 0 Å². The van der Waals surface area contributed by atoms with Crippen molar-refractivity contribution >= 4 is 5.97 Å². The van der Waals surface area contributed by atoms with Crippen molar-refractivity contribution in [2.45, 2.75) is 104 Å². The Bertz CT molecular complexity index is 905. The standard InChI is InChI=1S/C27H40O7/c1-14(2)8-7-9-15(3)19-11-10-16(4)22-20(19)12-17(5)23(30)25(22)34-27-26(33-18(6)28)24(31)21(29)13-32-27/h8,12,15-16,19,21,24,26-27,29-31H,7,9-11,13H2,1-6H3/t15-,16-,19+,21+,24-,26+,27-/m0/s1. The molecule has 1 aliphatic heterocycles. The Hall–Kier alpha value is -2.09. The maximum absolute atomic E-state index is 11.6. The number of rotatable bonds is 7. The third-order valence-corrected chi connectivity index (χ3v) is 7.15. The SMILES string of the molecule is CC(=O)O[C@H]1[C@H](Oc2c(O)c(C)cc3c2[C@@H](C)CC[C@@H]3[C@@H](C)CCC=C(C)C)OC[C@@H](O)[C@@H]1O. The summed E-state index contributed by atoms with van der Waals surface area (Å²) in [6.45, 7) is 11.5. The lowest BCUT2D eigenvalue weighted by Gasteiger charge is -2.39. The Morgan fingerprint density at radius 2 is 1.97 bits per heavy atom. The largest absolute Gasteiger partial charge is 0.504 e. The molecule has 0 aromatic heterocycles. The first-order valence-corrected chi connectivity index (χ1v) is 12.3. The van der Waals surface area contributed by atoms with Gasteiger partial charge in [-0.15, -0.1) is 0 Å². The molecule has 3 rings (SSSR count). The molecule has 7 heteroatoms. The Morgan fingerprint density at radius 1 is 1.26 bits per heavy atom. The molecule has 190 valence electrons. The summed E-state index contributed by atoms with van der Waals surface area (Å²) in [6, 6.07) is 2.07. The predicted molar refractivity (Wildman–Crippen MR) is 129 cm³/mol. The summed E-state index contributed by atoms with van der Waals surface area (Å²) in [6.07, 6.45) is 1.49. The van der Waals surface area contributed by atoms with Gasteiger partial charge < -0.3 is 29.5 Å². The first-order valence-electron chi connectivity index (χ1n) is 12.3. The number of benzene rings is 1. The molecule has 1 fully saturated rings. The van der Waals surface area contributed by atoms with Crippen LogP contribution in [-0.2, 0) is 14.3 Å². The molecule has 7 atom stereocenters. The van der Waals surface area contributed by atoms with E-state index in [0.29, 0.717) is 23.1 Å². The van der Waals surface area contributed by atoms with Crippen LogP contribution in [0.1, 0.15) is 88.8 Å². The highest BCUT2D eigenvalue weighted by molar-refractivity contribution is 5.66. The minimum absolute atomic E-state index is 0.0224. The van der Waals surface area contributed by atoms with Gasteiger partial charge in [-0.05, 0) is 75.3 Å². The topological polar surface area (TPSA) is 105 Å². The molecule has 34 heavy (non-hydrogen) atoms. The van der Waals surface area contributed by atoms with E-state index in [1.807, 2.05) is 6.92 Å². The third-order valence-electron chi connectivity index (χ3n) is 7.15. The van der Waals surface area contributed by atoms with Crippen molar-refractivity contribution < 1.29 is 34.3 Å². The zero-order chi connectivity index (χ0) is 25.2.